The summed E-state index contributed by atoms with van der Waals surface area (Å²) in [5, 5.41) is 11.8. The van der Waals surface area contributed by atoms with Gasteiger partial charge in [-0.05, 0) is 40.2 Å². The van der Waals surface area contributed by atoms with E-state index in [1.165, 1.54) is 13.3 Å². The Kier molecular flexibility index (Phi) is 4.33. The van der Waals surface area contributed by atoms with Gasteiger partial charge >= 0.3 is 0 Å². The Labute approximate surface area is 124 Å². The largest absolute Gasteiger partial charge is 0.495 e. The molecule has 1 amide bonds. The third kappa shape index (κ3) is 2.95. The number of anilines is 1. The molecule has 0 aliphatic heterocycles. The van der Waals surface area contributed by atoms with Gasteiger partial charge in [0.2, 0.25) is 0 Å². The fourth-order valence-corrected chi connectivity index (χ4v) is 1.85. The maximum absolute atomic E-state index is 12.1. The van der Waals surface area contributed by atoms with Crippen LogP contribution in [0.3, 0.4) is 0 Å². The number of hydrogen-bond donors (Lipinski definition) is 1. The molecule has 0 radical (unpaired) electrons. The van der Waals surface area contributed by atoms with E-state index in [1.54, 1.807) is 30.3 Å². The minimum atomic E-state index is -0.356. The van der Waals surface area contributed by atoms with Crippen LogP contribution >= 0.6 is 15.9 Å². The number of halogens is 1. The number of nitriles is 1. The highest BCUT2D eigenvalue weighted by atomic mass is 79.9. The molecule has 2 rings (SSSR count). The summed E-state index contributed by atoms with van der Waals surface area (Å²) in [6.45, 7) is 0. The van der Waals surface area contributed by atoms with Crippen LogP contribution < -0.4 is 10.1 Å². The highest BCUT2D eigenvalue weighted by molar-refractivity contribution is 9.10. The second kappa shape index (κ2) is 6.17. The number of nitrogens with one attached hydrogen (secondary N) is 1. The van der Waals surface area contributed by atoms with E-state index in [0.717, 1.165) is 0 Å². The van der Waals surface area contributed by atoms with Gasteiger partial charge in [0, 0.05) is 6.20 Å². The Bertz CT molecular complexity index is 678. The summed E-state index contributed by atoms with van der Waals surface area (Å²) in [5.41, 5.74) is 1.08. The van der Waals surface area contributed by atoms with Crippen molar-refractivity contribution in [2.75, 3.05) is 12.4 Å². The SMILES string of the molecule is COc1cccc(C#N)c1NC(=O)c1ccc(Br)nc1. The first-order chi connectivity index (χ1) is 9.65. The fraction of sp³-hybridized carbons (Fsp3) is 0.0714. The van der Waals surface area contributed by atoms with Crippen LogP contribution in [0.4, 0.5) is 5.69 Å². The van der Waals surface area contributed by atoms with E-state index in [4.69, 9.17) is 10.00 Å². The van der Waals surface area contributed by atoms with E-state index in [-0.39, 0.29) is 5.91 Å². The summed E-state index contributed by atoms with van der Waals surface area (Å²) in [6.07, 6.45) is 1.45. The van der Waals surface area contributed by atoms with Crippen molar-refractivity contribution in [3.8, 4) is 11.8 Å². The lowest BCUT2D eigenvalue weighted by Gasteiger charge is -2.11. The second-order valence-corrected chi connectivity index (χ2v) is 4.63. The van der Waals surface area contributed by atoms with E-state index in [2.05, 4.69) is 26.2 Å². The third-order valence-corrected chi connectivity index (χ3v) is 3.06. The molecule has 0 saturated carbocycles. The number of ether oxygens (including phenoxy) is 1. The monoisotopic (exact) mass is 331 g/mol. The normalized spacial score (nSPS) is 9.65. The molecule has 0 atom stereocenters. The number of para-hydroxylation sites is 1. The Morgan fingerprint density at radius 2 is 2.20 bits per heavy atom. The van der Waals surface area contributed by atoms with Gasteiger partial charge in [-0.1, -0.05) is 6.07 Å². The van der Waals surface area contributed by atoms with Crippen molar-refractivity contribution in [1.29, 1.82) is 5.26 Å². The van der Waals surface area contributed by atoms with E-state index >= 15 is 0 Å². The third-order valence-electron chi connectivity index (χ3n) is 2.59. The molecule has 5 nitrogen and oxygen atoms in total. The molecule has 2 aromatic rings. The van der Waals surface area contributed by atoms with Crippen LogP contribution in [0.2, 0.25) is 0 Å². The molecular weight excluding hydrogens is 322 g/mol. The molecular formula is C14H10BrN3O2. The maximum atomic E-state index is 12.1. The summed E-state index contributed by atoms with van der Waals surface area (Å²) in [7, 11) is 1.48. The van der Waals surface area contributed by atoms with E-state index in [0.29, 0.717) is 27.2 Å². The highest BCUT2D eigenvalue weighted by Crippen LogP contribution is 2.28. The molecule has 0 saturated heterocycles. The number of carbonyl (C=O) groups excluding carboxylic acids is 1. The number of amides is 1. The second-order valence-electron chi connectivity index (χ2n) is 3.82. The Morgan fingerprint density at radius 3 is 2.80 bits per heavy atom. The van der Waals surface area contributed by atoms with Crippen molar-refractivity contribution in [2.24, 2.45) is 0 Å². The van der Waals surface area contributed by atoms with Crippen molar-refractivity contribution in [2.45, 2.75) is 0 Å². The van der Waals surface area contributed by atoms with Gasteiger partial charge in [0.1, 0.15) is 22.1 Å². The minimum Gasteiger partial charge on any atom is -0.495 e. The molecule has 1 aromatic carbocycles. The first-order valence-electron chi connectivity index (χ1n) is 5.65. The van der Waals surface area contributed by atoms with Gasteiger partial charge in [0.25, 0.3) is 5.91 Å². The lowest BCUT2D eigenvalue weighted by atomic mass is 10.1. The maximum Gasteiger partial charge on any atom is 0.257 e. The molecule has 0 fully saturated rings. The number of rotatable bonds is 3. The number of carbonyl (C=O) groups is 1. The molecule has 1 aromatic heterocycles. The predicted octanol–water partition coefficient (Wildman–Crippen LogP) is 2.98. The van der Waals surface area contributed by atoms with Gasteiger partial charge in [-0.3, -0.25) is 4.79 Å². The summed E-state index contributed by atoms with van der Waals surface area (Å²) < 4.78 is 5.80. The smallest absolute Gasteiger partial charge is 0.257 e. The van der Waals surface area contributed by atoms with Gasteiger partial charge in [0.15, 0.2) is 0 Å². The van der Waals surface area contributed by atoms with Gasteiger partial charge in [-0.25, -0.2) is 4.98 Å². The van der Waals surface area contributed by atoms with Crippen LogP contribution in [0.15, 0.2) is 41.1 Å². The Hall–Kier alpha value is -2.39. The zero-order valence-electron chi connectivity index (χ0n) is 10.6. The molecule has 6 heteroatoms. The summed E-state index contributed by atoms with van der Waals surface area (Å²) >= 11 is 3.20. The van der Waals surface area contributed by atoms with Gasteiger partial charge in [-0.15, -0.1) is 0 Å². The molecule has 0 aliphatic rings. The molecule has 1 heterocycles. The first kappa shape index (κ1) is 14.0. The topological polar surface area (TPSA) is 75.0 Å². The van der Waals surface area contributed by atoms with Crippen LogP contribution in [-0.2, 0) is 0 Å². The van der Waals surface area contributed by atoms with Gasteiger partial charge < -0.3 is 10.1 Å². The molecule has 0 unspecified atom stereocenters. The average molecular weight is 332 g/mol. The molecule has 0 spiro atoms. The number of methoxy groups -OCH3 is 1. The summed E-state index contributed by atoms with van der Waals surface area (Å²) in [6, 6.07) is 10.3. The Morgan fingerprint density at radius 1 is 1.40 bits per heavy atom. The molecule has 20 heavy (non-hydrogen) atoms. The number of aromatic nitrogens is 1. The first-order valence-corrected chi connectivity index (χ1v) is 6.45. The molecule has 0 aliphatic carbocycles. The highest BCUT2D eigenvalue weighted by Gasteiger charge is 2.13. The number of pyridine rings is 1. The standard InChI is InChI=1S/C14H10BrN3O2/c1-20-11-4-2-3-9(7-16)13(11)18-14(19)10-5-6-12(15)17-8-10/h2-6,8H,1H3,(H,18,19). The van der Waals surface area contributed by atoms with E-state index in [9.17, 15) is 4.79 Å². The molecule has 1 N–H and O–H groups in total. The fourth-order valence-electron chi connectivity index (χ4n) is 1.62. The van der Waals surface area contributed by atoms with Crippen molar-refractivity contribution in [3.05, 3.63) is 52.3 Å². The lowest BCUT2D eigenvalue weighted by molar-refractivity contribution is 0.102. The van der Waals surface area contributed by atoms with Crippen LogP contribution in [-0.4, -0.2) is 18.0 Å². The van der Waals surface area contributed by atoms with Crippen molar-refractivity contribution < 1.29 is 9.53 Å². The van der Waals surface area contributed by atoms with E-state index in [1.807, 2.05) is 6.07 Å². The average Bonchev–Trinajstić information content (AvgIpc) is 2.48. The lowest BCUT2D eigenvalue weighted by Crippen LogP contribution is -2.14. The summed E-state index contributed by atoms with van der Waals surface area (Å²) in [5.74, 6) is 0.0773. The van der Waals surface area contributed by atoms with Crippen LogP contribution in [0.25, 0.3) is 0 Å². The zero-order valence-corrected chi connectivity index (χ0v) is 12.1. The summed E-state index contributed by atoms with van der Waals surface area (Å²) in [4.78, 5) is 16.1. The van der Waals surface area contributed by atoms with Gasteiger partial charge in [-0.2, -0.15) is 5.26 Å². The molecule has 0 bridgehead atoms. The van der Waals surface area contributed by atoms with Crippen molar-refractivity contribution in [1.82, 2.24) is 4.98 Å². The van der Waals surface area contributed by atoms with Crippen LogP contribution in [0.5, 0.6) is 5.75 Å². The minimum absolute atomic E-state index is 0.336. The van der Waals surface area contributed by atoms with Crippen molar-refractivity contribution >= 4 is 27.5 Å². The van der Waals surface area contributed by atoms with Crippen molar-refractivity contribution in [3.63, 3.8) is 0 Å². The van der Waals surface area contributed by atoms with Crippen LogP contribution in [0, 0.1) is 11.3 Å². The van der Waals surface area contributed by atoms with E-state index < -0.39 is 0 Å². The number of nitrogens with zero attached hydrogens (tertiary/aromatic N) is 2. The number of benzene rings is 1. The number of hydrogen-bond acceptors (Lipinski definition) is 4. The molecule has 100 valence electrons. The quantitative estimate of drug-likeness (QED) is 0.877. The van der Waals surface area contributed by atoms with Gasteiger partial charge in [0.05, 0.1) is 18.2 Å². The Balaban J connectivity index is 2.32. The van der Waals surface area contributed by atoms with Crippen LogP contribution in [0.1, 0.15) is 15.9 Å². The zero-order chi connectivity index (χ0) is 14.5. The predicted molar refractivity (Wildman–Crippen MR) is 77.6 cm³/mol.